The van der Waals surface area contributed by atoms with Crippen molar-refractivity contribution in [1.82, 2.24) is 10.2 Å². The lowest BCUT2D eigenvalue weighted by atomic mass is 9.89. The van der Waals surface area contributed by atoms with Crippen LogP contribution in [0, 0.1) is 5.92 Å². The van der Waals surface area contributed by atoms with Gasteiger partial charge in [0.15, 0.2) is 0 Å². The van der Waals surface area contributed by atoms with Gasteiger partial charge in [-0.05, 0) is 32.2 Å². The first-order valence-electron chi connectivity index (χ1n) is 7.38. The summed E-state index contributed by atoms with van der Waals surface area (Å²) in [6.07, 6.45) is 7.24. The number of hydrogen-bond acceptors (Lipinski definition) is 3. The Labute approximate surface area is 106 Å². The van der Waals surface area contributed by atoms with Crippen LogP contribution in [0.25, 0.3) is 0 Å². The quantitative estimate of drug-likeness (QED) is 0.794. The second-order valence-corrected chi connectivity index (χ2v) is 5.73. The molecule has 1 saturated heterocycles. The van der Waals surface area contributed by atoms with Gasteiger partial charge < -0.3 is 10.1 Å². The van der Waals surface area contributed by atoms with E-state index in [2.05, 4.69) is 17.1 Å². The first kappa shape index (κ1) is 13.3. The molecule has 0 amide bonds. The third-order valence-corrected chi connectivity index (χ3v) is 4.12. The molecule has 2 fully saturated rings. The Morgan fingerprint density at radius 1 is 1.18 bits per heavy atom. The van der Waals surface area contributed by atoms with Gasteiger partial charge in [0, 0.05) is 25.7 Å². The highest BCUT2D eigenvalue weighted by molar-refractivity contribution is 4.73. The standard InChI is InChI=1S/C14H28N2O/c1-13(12-16-7-9-17-10-8-16)15-11-14-5-3-2-4-6-14/h13-15H,2-12H2,1H3. The van der Waals surface area contributed by atoms with E-state index >= 15 is 0 Å². The van der Waals surface area contributed by atoms with E-state index in [1.54, 1.807) is 0 Å². The topological polar surface area (TPSA) is 24.5 Å². The Bertz CT molecular complexity index is 198. The van der Waals surface area contributed by atoms with Gasteiger partial charge in [0.1, 0.15) is 0 Å². The van der Waals surface area contributed by atoms with Crippen LogP contribution in [0.4, 0.5) is 0 Å². The summed E-state index contributed by atoms with van der Waals surface area (Å²) in [6.45, 7) is 8.76. The van der Waals surface area contributed by atoms with Gasteiger partial charge in [-0.3, -0.25) is 4.90 Å². The molecule has 1 saturated carbocycles. The maximum atomic E-state index is 5.37. The van der Waals surface area contributed by atoms with Crippen molar-refractivity contribution in [3.05, 3.63) is 0 Å². The molecule has 1 unspecified atom stereocenters. The lowest BCUT2D eigenvalue weighted by Crippen LogP contribution is -2.45. The van der Waals surface area contributed by atoms with E-state index in [9.17, 15) is 0 Å². The number of rotatable bonds is 5. The zero-order valence-corrected chi connectivity index (χ0v) is 11.3. The molecule has 0 bridgehead atoms. The average molecular weight is 240 g/mol. The molecule has 0 spiro atoms. The molecule has 1 N–H and O–H groups in total. The van der Waals surface area contributed by atoms with E-state index in [-0.39, 0.29) is 0 Å². The van der Waals surface area contributed by atoms with Crippen molar-refractivity contribution in [2.75, 3.05) is 39.4 Å². The van der Waals surface area contributed by atoms with Crippen LogP contribution in [0.15, 0.2) is 0 Å². The normalized spacial score (nSPS) is 25.9. The van der Waals surface area contributed by atoms with Crippen LogP contribution in [0.3, 0.4) is 0 Å². The third-order valence-electron chi connectivity index (χ3n) is 4.12. The van der Waals surface area contributed by atoms with Crippen molar-refractivity contribution in [2.24, 2.45) is 5.92 Å². The summed E-state index contributed by atoms with van der Waals surface area (Å²) in [7, 11) is 0. The lowest BCUT2D eigenvalue weighted by Gasteiger charge is -2.30. The highest BCUT2D eigenvalue weighted by atomic mass is 16.5. The summed E-state index contributed by atoms with van der Waals surface area (Å²) in [5.74, 6) is 0.941. The Morgan fingerprint density at radius 2 is 1.88 bits per heavy atom. The fraction of sp³-hybridized carbons (Fsp3) is 1.00. The Kier molecular flexibility index (Phi) is 5.75. The van der Waals surface area contributed by atoms with Gasteiger partial charge in [0.05, 0.1) is 13.2 Å². The molecular weight excluding hydrogens is 212 g/mol. The first-order chi connectivity index (χ1) is 8.34. The molecule has 2 aliphatic rings. The predicted molar refractivity (Wildman–Crippen MR) is 71.3 cm³/mol. The van der Waals surface area contributed by atoms with Crippen LogP contribution in [0.1, 0.15) is 39.0 Å². The molecule has 3 nitrogen and oxygen atoms in total. The van der Waals surface area contributed by atoms with Gasteiger partial charge in [0.2, 0.25) is 0 Å². The van der Waals surface area contributed by atoms with E-state index < -0.39 is 0 Å². The van der Waals surface area contributed by atoms with Gasteiger partial charge in [-0.15, -0.1) is 0 Å². The van der Waals surface area contributed by atoms with Crippen molar-refractivity contribution >= 4 is 0 Å². The smallest absolute Gasteiger partial charge is 0.0594 e. The Balaban J connectivity index is 1.57. The molecule has 1 aliphatic carbocycles. The molecule has 17 heavy (non-hydrogen) atoms. The Hall–Kier alpha value is -0.120. The second-order valence-electron chi connectivity index (χ2n) is 5.73. The molecule has 2 rings (SSSR count). The van der Waals surface area contributed by atoms with Crippen molar-refractivity contribution in [2.45, 2.75) is 45.1 Å². The zero-order chi connectivity index (χ0) is 11.9. The second kappa shape index (κ2) is 7.34. The van der Waals surface area contributed by atoms with Crippen LogP contribution < -0.4 is 5.32 Å². The van der Waals surface area contributed by atoms with Gasteiger partial charge in [-0.25, -0.2) is 0 Å². The minimum absolute atomic E-state index is 0.620. The van der Waals surface area contributed by atoms with Crippen LogP contribution >= 0.6 is 0 Å². The summed E-state index contributed by atoms with van der Waals surface area (Å²) in [4.78, 5) is 2.52. The summed E-state index contributed by atoms with van der Waals surface area (Å²) < 4.78 is 5.37. The molecule has 0 aromatic carbocycles. The maximum absolute atomic E-state index is 5.37. The zero-order valence-electron chi connectivity index (χ0n) is 11.3. The summed E-state index contributed by atoms with van der Waals surface area (Å²) in [5.41, 5.74) is 0. The van der Waals surface area contributed by atoms with Crippen LogP contribution in [-0.2, 0) is 4.74 Å². The minimum Gasteiger partial charge on any atom is -0.379 e. The Morgan fingerprint density at radius 3 is 2.59 bits per heavy atom. The van der Waals surface area contributed by atoms with Crippen LogP contribution in [-0.4, -0.2) is 50.3 Å². The van der Waals surface area contributed by atoms with E-state index in [0.717, 1.165) is 32.2 Å². The van der Waals surface area contributed by atoms with Gasteiger partial charge in [-0.2, -0.15) is 0 Å². The summed E-state index contributed by atoms with van der Waals surface area (Å²) in [6, 6.07) is 0.620. The molecule has 3 heteroatoms. The minimum atomic E-state index is 0.620. The molecule has 100 valence electrons. The number of nitrogens with zero attached hydrogens (tertiary/aromatic N) is 1. The summed E-state index contributed by atoms with van der Waals surface area (Å²) >= 11 is 0. The number of hydrogen-bond donors (Lipinski definition) is 1. The fourth-order valence-electron chi connectivity index (χ4n) is 2.99. The molecular formula is C14H28N2O. The average Bonchev–Trinajstić information content (AvgIpc) is 2.39. The highest BCUT2D eigenvalue weighted by Crippen LogP contribution is 2.22. The van der Waals surface area contributed by atoms with Crippen LogP contribution in [0.2, 0.25) is 0 Å². The molecule has 1 heterocycles. The van der Waals surface area contributed by atoms with Gasteiger partial charge in [0.25, 0.3) is 0 Å². The van der Waals surface area contributed by atoms with Gasteiger partial charge >= 0.3 is 0 Å². The van der Waals surface area contributed by atoms with E-state index in [4.69, 9.17) is 4.74 Å². The predicted octanol–water partition coefficient (Wildman–Crippen LogP) is 1.88. The molecule has 1 aliphatic heterocycles. The van der Waals surface area contributed by atoms with E-state index in [1.807, 2.05) is 0 Å². The van der Waals surface area contributed by atoms with Crippen molar-refractivity contribution in [3.63, 3.8) is 0 Å². The molecule has 0 radical (unpaired) electrons. The van der Waals surface area contributed by atoms with Crippen LogP contribution in [0.5, 0.6) is 0 Å². The van der Waals surface area contributed by atoms with Crippen molar-refractivity contribution < 1.29 is 4.74 Å². The first-order valence-corrected chi connectivity index (χ1v) is 7.38. The van der Waals surface area contributed by atoms with Crippen molar-refractivity contribution in [3.8, 4) is 0 Å². The SMILES string of the molecule is CC(CN1CCOCC1)NCC1CCCCC1. The lowest BCUT2D eigenvalue weighted by molar-refractivity contribution is 0.0341. The number of ether oxygens (including phenoxy) is 1. The number of morpholine rings is 1. The molecule has 0 aromatic heterocycles. The van der Waals surface area contributed by atoms with E-state index in [0.29, 0.717) is 6.04 Å². The highest BCUT2D eigenvalue weighted by Gasteiger charge is 2.16. The summed E-state index contributed by atoms with van der Waals surface area (Å²) in [5, 5.41) is 3.72. The van der Waals surface area contributed by atoms with E-state index in [1.165, 1.54) is 45.2 Å². The number of nitrogens with one attached hydrogen (secondary N) is 1. The molecule has 0 aromatic rings. The largest absolute Gasteiger partial charge is 0.379 e. The third kappa shape index (κ3) is 4.94. The van der Waals surface area contributed by atoms with Crippen molar-refractivity contribution in [1.29, 1.82) is 0 Å². The van der Waals surface area contributed by atoms with Gasteiger partial charge in [-0.1, -0.05) is 19.3 Å². The monoisotopic (exact) mass is 240 g/mol. The molecule has 1 atom stereocenters. The maximum Gasteiger partial charge on any atom is 0.0594 e. The fourth-order valence-corrected chi connectivity index (χ4v) is 2.99.